The molecule has 252 valence electrons. The quantitative estimate of drug-likeness (QED) is 0.180. The van der Waals surface area contributed by atoms with Crippen molar-refractivity contribution in [1.82, 2.24) is 19.1 Å². The maximum Gasteiger partial charge on any atom is 0.235 e. The first kappa shape index (κ1) is 30.3. The standard InChI is InChI=1S/C50H32N4/c1-3-14-33(15-4-1)34-26-28-35(29-27-34)37-18-13-19-38(32-37)53-45-25-12-9-22-42(45)47-46(53)31-30-40-39-20-8-11-24-44(39)54(49(40)47)50-51-43-23-10-7-21-41(43)48(52-50)36-16-5-2-6-17-36/h1-32H. The van der Waals surface area contributed by atoms with E-state index in [0.29, 0.717) is 5.95 Å². The molecule has 0 radical (unpaired) electrons. The lowest BCUT2D eigenvalue weighted by Crippen LogP contribution is -2.03. The first-order chi connectivity index (χ1) is 26.8. The largest absolute Gasteiger partial charge is 0.309 e. The molecule has 0 fully saturated rings. The normalized spacial score (nSPS) is 11.7. The van der Waals surface area contributed by atoms with Crippen LogP contribution >= 0.6 is 0 Å². The molecule has 0 N–H and O–H groups in total. The van der Waals surface area contributed by atoms with E-state index in [1.807, 2.05) is 6.07 Å². The molecule has 54 heavy (non-hydrogen) atoms. The summed E-state index contributed by atoms with van der Waals surface area (Å²) in [4.78, 5) is 10.7. The average Bonchev–Trinajstić information content (AvgIpc) is 3.77. The van der Waals surface area contributed by atoms with Gasteiger partial charge in [-0.2, -0.15) is 0 Å². The smallest absolute Gasteiger partial charge is 0.235 e. The Hall–Kier alpha value is -7.30. The molecule has 0 amide bonds. The fraction of sp³-hybridized carbons (Fsp3) is 0. The highest BCUT2D eigenvalue weighted by Gasteiger charge is 2.23. The fourth-order valence-electron chi connectivity index (χ4n) is 8.29. The number of hydrogen-bond acceptors (Lipinski definition) is 2. The van der Waals surface area contributed by atoms with Gasteiger partial charge in [-0.25, -0.2) is 9.97 Å². The molecule has 4 heteroatoms. The third-order valence-corrected chi connectivity index (χ3v) is 10.7. The Morgan fingerprint density at radius 1 is 0.333 bits per heavy atom. The predicted octanol–water partition coefficient (Wildman–Crippen LogP) is 12.8. The lowest BCUT2D eigenvalue weighted by atomic mass is 10.00. The fourth-order valence-corrected chi connectivity index (χ4v) is 8.29. The van der Waals surface area contributed by atoms with Crippen LogP contribution in [0.1, 0.15) is 0 Å². The van der Waals surface area contributed by atoms with Crippen molar-refractivity contribution in [3.63, 3.8) is 0 Å². The minimum atomic E-state index is 0.657. The van der Waals surface area contributed by atoms with Gasteiger partial charge in [0.25, 0.3) is 0 Å². The third-order valence-electron chi connectivity index (χ3n) is 10.7. The van der Waals surface area contributed by atoms with Crippen LogP contribution in [0, 0.1) is 0 Å². The van der Waals surface area contributed by atoms with Crippen LogP contribution in [0.3, 0.4) is 0 Å². The van der Waals surface area contributed by atoms with Gasteiger partial charge >= 0.3 is 0 Å². The van der Waals surface area contributed by atoms with Crippen molar-refractivity contribution >= 4 is 54.5 Å². The molecule has 0 aliphatic heterocycles. The van der Waals surface area contributed by atoms with E-state index < -0.39 is 0 Å². The van der Waals surface area contributed by atoms with Crippen LogP contribution < -0.4 is 0 Å². The number of fused-ring (bicyclic) bond motifs is 8. The van der Waals surface area contributed by atoms with Crippen molar-refractivity contribution in [3.05, 3.63) is 194 Å². The summed E-state index contributed by atoms with van der Waals surface area (Å²) in [6.45, 7) is 0. The molecular weight excluding hydrogens is 657 g/mol. The van der Waals surface area contributed by atoms with Gasteiger partial charge in [0.05, 0.1) is 33.3 Å². The highest BCUT2D eigenvalue weighted by atomic mass is 15.2. The molecule has 11 rings (SSSR count). The summed E-state index contributed by atoms with van der Waals surface area (Å²) >= 11 is 0. The van der Waals surface area contributed by atoms with E-state index in [2.05, 4.69) is 197 Å². The highest BCUT2D eigenvalue weighted by Crippen LogP contribution is 2.42. The number of benzene rings is 8. The van der Waals surface area contributed by atoms with E-state index in [-0.39, 0.29) is 0 Å². The second-order valence-electron chi connectivity index (χ2n) is 13.8. The summed E-state index contributed by atoms with van der Waals surface area (Å²) in [6, 6.07) is 69.0. The molecule has 0 saturated carbocycles. The second-order valence-corrected chi connectivity index (χ2v) is 13.8. The van der Waals surface area contributed by atoms with Gasteiger partial charge in [0.15, 0.2) is 0 Å². The van der Waals surface area contributed by atoms with Crippen LogP contribution in [0.2, 0.25) is 0 Å². The molecule has 3 heterocycles. The molecule has 8 aromatic carbocycles. The van der Waals surface area contributed by atoms with Crippen LogP contribution in [-0.2, 0) is 0 Å². The summed E-state index contributed by atoms with van der Waals surface area (Å²) in [6.07, 6.45) is 0. The molecule has 0 aliphatic rings. The lowest BCUT2D eigenvalue weighted by Gasteiger charge is -2.13. The van der Waals surface area contributed by atoms with Gasteiger partial charge in [0.2, 0.25) is 5.95 Å². The molecule has 0 saturated heterocycles. The zero-order chi connectivity index (χ0) is 35.6. The minimum absolute atomic E-state index is 0.657. The first-order valence-electron chi connectivity index (χ1n) is 18.3. The van der Waals surface area contributed by atoms with Crippen LogP contribution in [0.15, 0.2) is 194 Å². The van der Waals surface area contributed by atoms with E-state index in [0.717, 1.165) is 49.9 Å². The summed E-state index contributed by atoms with van der Waals surface area (Å²) in [5, 5.41) is 5.74. The maximum atomic E-state index is 5.38. The number of nitrogens with zero attached hydrogens (tertiary/aromatic N) is 4. The van der Waals surface area contributed by atoms with Crippen LogP contribution in [0.5, 0.6) is 0 Å². The minimum Gasteiger partial charge on any atom is -0.309 e. The average molecular weight is 689 g/mol. The Morgan fingerprint density at radius 3 is 1.67 bits per heavy atom. The van der Waals surface area contributed by atoms with Gasteiger partial charge in [-0.1, -0.05) is 158 Å². The summed E-state index contributed by atoms with van der Waals surface area (Å²) in [5.41, 5.74) is 13.3. The Labute approximate surface area is 311 Å². The molecule has 0 spiro atoms. The Morgan fingerprint density at radius 2 is 0.907 bits per heavy atom. The van der Waals surface area contributed by atoms with E-state index in [1.165, 1.54) is 43.8 Å². The first-order valence-corrected chi connectivity index (χ1v) is 18.3. The third kappa shape index (κ3) is 4.70. The highest BCUT2D eigenvalue weighted by molar-refractivity contribution is 6.26. The summed E-state index contributed by atoms with van der Waals surface area (Å²) < 4.78 is 4.69. The van der Waals surface area contributed by atoms with Crippen LogP contribution in [0.4, 0.5) is 0 Å². The molecule has 4 nitrogen and oxygen atoms in total. The van der Waals surface area contributed by atoms with Gasteiger partial charge in [-0.05, 0) is 58.7 Å². The van der Waals surface area contributed by atoms with Gasteiger partial charge in [0, 0.05) is 38.2 Å². The van der Waals surface area contributed by atoms with Crippen molar-refractivity contribution in [2.75, 3.05) is 0 Å². The van der Waals surface area contributed by atoms with E-state index in [4.69, 9.17) is 9.97 Å². The molecule has 0 unspecified atom stereocenters. The van der Waals surface area contributed by atoms with Crippen molar-refractivity contribution in [2.45, 2.75) is 0 Å². The molecule has 0 bridgehead atoms. The van der Waals surface area contributed by atoms with Crippen molar-refractivity contribution in [1.29, 1.82) is 0 Å². The Kier molecular flexibility index (Phi) is 6.82. The van der Waals surface area contributed by atoms with Crippen molar-refractivity contribution < 1.29 is 0 Å². The number of hydrogen-bond donors (Lipinski definition) is 0. The predicted molar refractivity (Wildman–Crippen MR) is 225 cm³/mol. The zero-order valence-corrected chi connectivity index (χ0v) is 29.3. The number of aromatic nitrogens is 4. The van der Waals surface area contributed by atoms with Gasteiger partial charge in [-0.15, -0.1) is 0 Å². The van der Waals surface area contributed by atoms with Gasteiger partial charge in [-0.3, -0.25) is 4.57 Å². The topological polar surface area (TPSA) is 35.6 Å². The SMILES string of the molecule is c1ccc(-c2ccc(-c3cccc(-n4c5ccccc5c5c4ccc4c6ccccc6n(-c6nc(-c7ccccc7)c7ccccc7n6)c45)c3)cc2)cc1. The second kappa shape index (κ2) is 12.1. The van der Waals surface area contributed by atoms with E-state index >= 15 is 0 Å². The van der Waals surface area contributed by atoms with E-state index in [1.54, 1.807) is 0 Å². The summed E-state index contributed by atoms with van der Waals surface area (Å²) in [7, 11) is 0. The van der Waals surface area contributed by atoms with E-state index in [9.17, 15) is 0 Å². The molecule has 0 atom stereocenters. The van der Waals surface area contributed by atoms with Crippen molar-refractivity contribution in [3.8, 4) is 45.1 Å². The van der Waals surface area contributed by atoms with Crippen molar-refractivity contribution in [2.24, 2.45) is 0 Å². The number of para-hydroxylation sites is 3. The Bertz CT molecular complexity index is 3190. The monoisotopic (exact) mass is 688 g/mol. The Balaban J connectivity index is 1.17. The molecule has 11 aromatic rings. The maximum absolute atomic E-state index is 5.38. The number of rotatable bonds is 5. The van der Waals surface area contributed by atoms with Crippen LogP contribution in [0.25, 0.3) is 99.7 Å². The van der Waals surface area contributed by atoms with Crippen LogP contribution in [-0.4, -0.2) is 19.1 Å². The summed E-state index contributed by atoms with van der Waals surface area (Å²) in [5.74, 6) is 0.657. The van der Waals surface area contributed by atoms with Gasteiger partial charge < -0.3 is 4.57 Å². The van der Waals surface area contributed by atoms with Gasteiger partial charge in [0.1, 0.15) is 0 Å². The molecule has 0 aliphatic carbocycles. The zero-order valence-electron chi connectivity index (χ0n) is 29.3. The molecular formula is C50H32N4. The lowest BCUT2D eigenvalue weighted by molar-refractivity contribution is 1.02. The molecule has 3 aromatic heterocycles.